The van der Waals surface area contributed by atoms with Gasteiger partial charge in [0.1, 0.15) is 23.0 Å². The summed E-state index contributed by atoms with van der Waals surface area (Å²) in [6.45, 7) is 4.04. The fourth-order valence-electron chi connectivity index (χ4n) is 5.11. The number of aryl methyl sites for hydroxylation is 1. The molecule has 1 aliphatic heterocycles. The monoisotopic (exact) mass is 512 g/mol. The second kappa shape index (κ2) is 10.5. The molecule has 0 spiro atoms. The predicted octanol–water partition coefficient (Wildman–Crippen LogP) is 5.39. The molecule has 4 aromatic rings. The van der Waals surface area contributed by atoms with Gasteiger partial charge in [0.25, 0.3) is 5.91 Å². The number of halogens is 1. The van der Waals surface area contributed by atoms with E-state index in [0.717, 1.165) is 16.8 Å². The van der Waals surface area contributed by atoms with Crippen molar-refractivity contribution in [1.82, 2.24) is 9.88 Å². The van der Waals surface area contributed by atoms with Crippen molar-refractivity contribution < 1.29 is 18.7 Å². The average molecular weight is 513 g/mol. The average Bonchev–Trinajstić information content (AvgIpc) is 3.43. The Balaban J connectivity index is 1.45. The number of rotatable bonds is 6. The maximum atomic E-state index is 15.4. The molecular formula is C30H29FN4O3. The van der Waals surface area contributed by atoms with E-state index < -0.39 is 0 Å². The molecule has 2 heterocycles. The van der Waals surface area contributed by atoms with E-state index in [-0.39, 0.29) is 11.7 Å². The van der Waals surface area contributed by atoms with Gasteiger partial charge in [-0.15, -0.1) is 0 Å². The Kier molecular flexibility index (Phi) is 6.93. The maximum absolute atomic E-state index is 15.4. The van der Waals surface area contributed by atoms with Gasteiger partial charge in [0, 0.05) is 37.1 Å². The van der Waals surface area contributed by atoms with Gasteiger partial charge >= 0.3 is 0 Å². The van der Waals surface area contributed by atoms with E-state index in [9.17, 15) is 10.1 Å². The number of carbonyl (C=O) groups excluding carboxylic acids is 1. The van der Waals surface area contributed by atoms with Crippen LogP contribution in [0.15, 0.2) is 54.6 Å². The molecule has 38 heavy (non-hydrogen) atoms. The minimum atomic E-state index is -0.338. The fourth-order valence-corrected chi connectivity index (χ4v) is 5.11. The number of fused-ring (bicyclic) bond motifs is 1. The van der Waals surface area contributed by atoms with Crippen molar-refractivity contribution in [2.75, 3.05) is 45.3 Å². The minimum absolute atomic E-state index is 0.179. The number of hydrogen-bond acceptors (Lipinski definition) is 5. The molecule has 1 amide bonds. The summed E-state index contributed by atoms with van der Waals surface area (Å²) in [6.07, 6.45) is 0.518. The quantitative estimate of drug-likeness (QED) is 0.375. The van der Waals surface area contributed by atoms with Crippen molar-refractivity contribution in [2.24, 2.45) is 0 Å². The van der Waals surface area contributed by atoms with Crippen LogP contribution in [-0.4, -0.2) is 56.2 Å². The van der Waals surface area contributed by atoms with Gasteiger partial charge in [0.15, 0.2) is 0 Å². The second-order valence-electron chi connectivity index (χ2n) is 9.20. The van der Waals surface area contributed by atoms with Crippen LogP contribution in [0.25, 0.3) is 22.0 Å². The molecule has 0 radical (unpaired) electrons. The van der Waals surface area contributed by atoms with Gasteiger partial charge in [0.2, 0.25) is 0 Å². The summed E-state index contributed by atoms with van der Waals surface area (Å²) < 4.78 is 26.5. The van der Waals surface area contributed by atoms with Crippen LogP contribution >= 0.6 is 0 Å². The van der Waals surface area contributed by atoms with Crippen LogP contribution in [0.4, 0.5) is 10.1 Å². The minimum Gasteiger partial charge on any atom is -0.496 e. The van der Waals surface area contributed by atoms with Crippen molar-refractivity contribution in [2.45, 2.75) is 13.3 Å². The highest BCUT2D eigenvalue weighted by Gasteiger charge is 2.26. The van der Waals surface area contributed by atoms with Crippen LogP contribution in [-0.2, 0) is 6.42 Å². The Hall–Kier alpha value is -4.51. The van der Waals surface area contributed by atoms with Crippen LogP contribution in [0.1, 0.15) is 28.5 Å². The first-order valence-electron chi connectivity index (χ1n) is 12.6. The van der Waals surface area contributed by atoms with Crippen LogP contribution < -0.4 is 14.4 Å². The Morgan fingerprint density at radius 2 is 1.74 bits per heavy atom. The Bertz CT molecular complexity index is 1550. The number of hydrogen-bond donors (Lipinski definition) is 1. The summed E-state index contributed by atoms with van der Waals surface area (Å²) in [4.78, 5) is 20.5. The van der Waals surface area contributed by atoms with E-state index in [4.69, 9.17) is 9.47 Å². The van der Waals surface area contributed by atoms with Crippen molar-refractivity contribution in [3.05, 3.63) is 77.2 Å². The lowest BCUT2D eigenvalue weighted by molar-refractivity contribution is 0.0741. The van der Waals surface area contributed by atoms with Crippen LogP contribution in [0.2, 0.25) is 0 Å². The number of para-hydroxylation sites is 1. The molecule has 0 saturated carbocycles. The molecule has 1 saturated heterocycles. The number of piperazine rings is 1. The number of nitriles is 1. The van der Waals surface area contributed by atoms with Crippen LogP contribution in [0.5, 0.6) is 11.5 Å². The molecule has 0 atom stereocenters. The molecule has 7 nitrogen and oxygen atoms in total. The highest BCUT2D eigenvalue weighted by molar-refractivity contribution is 6.04. The van der Waals surface area contributed by atoms with E-state index in [2.05, 4.69) is 16.0 Å². The zero-order valence-corrected chi connectivity index (χ0v) is 21.7. The van der Waals surface area contributed by atoms with Gasteiger partial charge in [-0.2, -0.15) is 5.26 Å². The Labute approximate surface area is 221 Å². The summed E-state index contributed by atoms with van der Waals surface area (Å²) in [5.41, 5.74) is 4.29. The normalized spacial score (nSPS) is 13.4. The van der Waals surface area contributed by atoms with Crippen molar-refractivity contribution in [3.8, 4) is 28.7 Å². The lowest BCUT2D eigenvalue weighted by atomic mass is 9.96. The topological polar surface area (TPSA) is 81.6 Å². The molecule has 194 valence electrons. The lowest BCUT2D eigenvalue weighted by Gasteiger charge is -2.36. The Morgan fingerprint density at radius 1 is 1.00 bits per heavy atom. The van der Waals surface area contributed by atoms with E-state index in [1.165, 1.54) is 0 Å². The molecule has 8 heteroatoms. The molecular weight excluding hydrogens is 483 g/mol. The van der Waals surface area contributed by atoms with Crippen molar-refractivity contribution in [3.63, 3.8) is 0 Å². The van der Waals surface area contributed by atoms with E-state index >= 15 is 4.39 Å². The van der Waals surface area contributed by atoms with Gasteiger partial charge in [-0.3, -0.25) is 4.79 Å². The van der Waals surface area contributed by atoms with E-state index in [0.29, 0.717) is 71.8 Å². The first-order valence-corrected chi connectivity index (χ1v) is 12.6. The summed E-state index contributed by atoms with van der Waals surface area (Å²) in [5, 5.41) is 9.94. The number of nitrogens with one attached hydrogen (secondary N) is 1. The number of benzene rings is 3. The third-order valence-electron chi connectivity index (χ3n) is 7.15. The summed E-state index contributed by atoms with van der Waals surface area (Å²) in [5.74, 6) is 0.852. The standard InChI is InChI=1S/C30H29FN4O3/c1-4-20-16-22(21-7-5-6-8-26(21)37-2)23-17-24(33-29(23)28(20)31)30(36)35-13-11-34(12-14-35)25-15-19(18-32)9-10-27(25)38-3/h5-10,15-17,33H,4,11-14H2,1-3H3. The van der Waals surface area contributed by atoms with Crippen molar-refractivity contribution in [1.29, 1.82) is 5.26 Å². The largest absolute Gasteiger partial charge is 0.496 e. The summed E-state index contributed by atoms with van der Waals surface area (Å²) in [7, 11) is 3.21. The lowest BCUT2D eigenvalue weighted by Crippen LogP contribution is -2.49. The SMILES string of the molecule is CCc1cc(-c2ccccc2OC)c2cc(C(=O)N3CCN(c4cc(C#N)ccc4OC)CC3)[nH]c2c1F. The number of aromatic nitrogens is 1. The first-order chi connectivity index (χ1) is 18.5. The van der Waals surface area contributed by atoms with Crippen LogP contribution in [0.3, 0.4) is 0 Å². The molecule has 1 aliphatic rings. The smallest absolute Gasteiger partial charge is 0.270 e. The molecule has 1 N–H and O–H groups in total. The summed E-state index contributed by atoms with van der Waals surface area (Å²) in [6, 6.07) is 18.7. The fraction of sp³-hybridized carbons (Fsp3) is 0.267. The number of aromatic amines is 1. The number of methoxy groups -OCH3 is 2. The zero-order chi connectivity index (χ0) is 26.8. The number of carbonyl (C=O) groups is 1. The molecule has 0 bridgehead atoms. The molecule has 0 aliphatic carbocycles. The number of nitrogens with zero attached hydrogens (tertiary/aromatic N) is 3. The zero-order valence-electron chi connectivity index (χ0n) is 21.7. The van der Waals surface area contributed by atoms with Gasteiger partial charge in [0.05, 0.1) is 37.1 Å². The molecule has 1 fully saturated rings. The predicted molar refractivity (Wildman–Crippen MR) is 145 cm³/mol. The van der Waals surface area contributed by atoms with Gasteiger partial charge in [-0.1, -0.05) is 25.1 Å². The second-order valence-corrected chi connectivity index (χ2v) is 9.20. The Morgan fingerprint density at radius 3 is 2.42 bits per heavy atom. The van der Waals surface area contributed by atoms with Crippen LogP contribution in [0, 0.1) is 17.1 Å². The summed E-state index contributed by atoms with van der Waals surface area (Å²) >= 11 is 0. The van der Waals surface area contributed by atoms with E-state index in [1.54, 1.807) is 37.3 Å². The highest BCUT2D eigenvalue weighted by Crippen LogP contribution is 2.38. The highest BCUT2D eigenvalue weighted by atomic mass is 19.1. The third kappa shape index (κ3) is 4.41. The van der Waals surface area contributed by atoms with Gasteiger partial charge < -0.3 is 24.3 Å². The molecule has 5 rings (SSSR count). The van der Waals surface area contributed by atoms with Gasteiger partial charge in [-0.25, -0.2) is 4.39 Å². The maximum Gasteiger partial charge on any atom is 0.270 e. The number of anilines is 1. The molecule has 3 aromatic carbocycles. The number of amides is 1. The molecule has 0 unspecified atom stereocenters. The molecule has 1 aromatic heterocycles. The number of H-pyrrole nitrogens is 1. The van der Waals surface area contributed by atoms with Gasteiger partial charge in [-0.05, 0) is 53.9 Å². The third-order valence-corrected chi connectivity index (χ3v) is 7.15. The first kappa shape index (κ1) is 25.2. The number of ether oxygens (including phenoxy) is 2. The van der Waals surface area contributed by atoms with E-state index in [1.807, 2.05) is 43.3 Å². The van der Waals surface area contributed by atoms with Crippen molar-refractivity contribution >= 4 is 22.5 Å².